The van der Waals surface area contributed by atoms with E-state index < -0.39 is 0 Å². The number of halogens is 1. The Morgan fingerprint density at radius 1 is 0.837 bits per heavy atom. The number of hydrogen-bond acceptors (Lipinski definition) is 5. The largest absolute Gasteiger partial charge is 0.492 e. The maximum atomic E-state index is 6.41. The first-order valence-electron chi connectivity index (χ1n) is 16.3. The smallest absolute Gasteiger partial charge is 0.191 e. The lowest BCUT2D eigenvalue weighted by molar-refractivity contribution is -0.150. The molecule has 1 unspecified atom stereocenters. The molecular weight excluding hydrogens is 558 g/mol. The van der Waals surface area contributed by atoms with E-state index in [9.17, 15) is 0 Å². The van der Waals surface area contributed by atoms with Crippen LogP contribution >= 0.6 is 12.4 Å². The first-order valence-corrected chi connectivity index (χ1v) is 16.3. The van der Waals surface area contributed by atoms with Gasteiger partial charge in [-0.05, 0) is 141 Å². The van der Waals surface area contributed by atoms with E-state index in [2.05, 4.69) is 35.2 Å². The van der Waals surface area contributed by atoms with Crippen LogP contribution in [0.4, 0.5) is 0 Å². The number of benzene rings is 3. The highest BCUT2D eigenvalue weighted by Gasteiger charge is 2.52. The van der Waals surface area contributed by atoms with Gasteiger partial charge in [0.1, 0.15) is 18.1 Å². The predicted molar refractivity (Wildman–Crippen MR) is 174 cm³/mol. The number of fused-ring (bicyclic) bond motifs is 1. The molecule has 3 aromatic rings. The van der Waals surface area contributed by atoms with Crippen molar-refractivity contribution in [1.82, 2.24) is 4.90 Å². The second-order valence-corrected chi connectivity index (χ2v) is 13.7. The lowest BCUT2D eigenvalue weighted by atomic mass is 9.48. The Morgan fingerprint density at radius 3 is 2.21 bits per heavy atom. The van der Waals surface area contributed by atoms with Gasteiger partial charge in [-0.3, -0.25) is 4.90 Å². The molecule has 8 rings (SSSR count). The van der Waals surface area contributed by atoms with Crippen LogP contribution in [0.15, 0.2) is 60.7 Å². The third kappa shape index (κ3) is 6.71. The summed E-state index contributed by atoms with van der Waals surface area (Å²) in [6.07, 6.45) is 10.4. The number of piperidine rings is 1. The summed E-state index contributed by atoms with van der Waals surface area (Å²) in [6, 6.07) is 22.1. The highest BCUT2D eigenvalue weighted by molar-refractivity contribution is 5.86. The topological polar surface area (TPSA) is 40.2 Å². The normalized spacial score (nSPS) is 27.6. The van der Waals surface area contributed by atoms with Crippen molar-refractivity contribution in [3.63, 3.8) is 0 Å². The molecule has 0 spiro atoms. The molecule has 4 aliphatic carbocycles. The van der Waals surface area contributed by atoms with E-state index in [0.717, 1.165) is 55.5 Å². The Bertz CT molecular complexity index is 1320. The fourth-order valence-corrected chi connectivity index (χ4v) is 9.08. The molecule has 6 heteroatoms. The summed E-state index contributed by atoms with van der Waals surface area (Å²) in [4.78, 5) is 2.56. The van der Waals surface area contributed by atoms with Crippen LogP contribution in [0.5, 0.6) is 11.5 Å². The summed E-state index contributed by atoms with van der Waals surface area (Å²) in [6.45, 7) is 6.13. The van der Waals surface area contributed by atoms with Gasteiger partial charge in [-0.1, -0.05) is 36.4 Å². The zero-order valence-electron chi connectivity index (χ0n) is 25.8. The van der Waals surface area contributed by atoms with Gasteiger partial charge in [-0.2, -0.15) is 0 Å². The van der Waals surface area contributed by atoms with Gasteiger partial charge in [0.25, 0.3) is 0 Å². The molecule has 1 saturated heterocycles. The Kier molecular flexibility index (Phi) is 9.54. The molecule has 4 bridgehead atoms. The molecule has 4 saturated carbocycles. The lowest BCUT2D eigenvalue weighted by Crippen LogP contribution is -2.48. The molecular formula is C37H48ClNO4. The van der Waals surface area contributed by atoms with Gasteiger partial charge in [-0.25, -0.2) is 0 Å². The average Bonchev–Trinajstić information content (AvgIpc) is 3.00. The summed E-state index contributed by atoms with van der Waals surface area (Å²) in [5.41, 5.74) is 3.19. The van der Waals surface area contributed by atoms with Crippen molar-refractivity contribution in [3.05, 3.63) is 71.8 Å². The van der Waals surface area contributed by atoms with Crippen LogP contribution in [-0.2, 0) is 14.9 Å². The van der Waals surface area contributed by atoms with Crippen molar-refractivity contribution in [1.29, 1.82) is 0 Å². The molecule has 5 nitrogen and oxygen atoms in total. The minimum Gasteiger partial charge on any atom is -0.492 e. The zero-order valence-corrected chi connectivity index (χ0v) is 26.7. The van der Waals surface area contributed by atoms with E-state index in [1.54, 1.807) is 7.11 Å². The monoisotopic (exact) mass is 605 g/mol. The summed E-state index contributed by atoms with van der Waals surface area (Å²) in [7, 11) is 1.67. The van der Waals surface area contributed by atoms with Crippen LogP contribution in [-0.4, -0.2) is 51.3 Å². The van der Waals surface area contributed by atoms with Crippen molar-refractivity contribution in [2.45, 2.75) is 75.9 Å². The molecule has 5 fully saturated rings. The number of methoxy groups -OCH3 is 1. The predicted octanol–water partition coefficient (Wildman–Crippen LogP) is 8.33. The Hall–Kier alpha value is -2.31. The Balaban J connectivity index is 0.00000329. The van der Waals surface area contributed by atoms with Gasteiger partial charge in [0, 0.05) is 19.2 Å². The number of hydrogen-bond donors (Lipinski definition) is 0. The van der Waals surface area contributed by atoms with Crippen molar-refractivity contribution in [3.8, 4) is 11.5 Å². The maximum absolute atomic E-state index is 6.41. The molecule has 232 valence electrons. The lowest BCUT2D eigenvalue weighted by Gasteiger charge is -2.57. The highest BCUT2D eigenvalue weighted by atomic mass is 35.5. The molecule has 0 radical (unpaired) electrons. The van der Waals surface area contributed by atoms with Gasteiger partial charge in [-0.15, -0.1) is 12.4 Å². The minimum absolute atomic E-state index is 0. The second kappa shape index (κ2) is 13.4. The van der Waals surface area contributed by atoms with E-state index in [-0.39, 0.29) is 30.9 Å². The molecule has 0 aromatic heterocycles. The quantitative estimate of drug-likeness (QED) is 0.205. The van der Waals surface area contributed by atoms with Crippen molar-refractivity contribution in [2.24, 2.45) is 17.8 Å². The number of nitrogens with zero attached hydrogens (tertiary/aromatic N) is 1. The third-order valence-electron chi connectivity index (χ3n) is 10.9. The summed E-state index contributed by atoms with van der Waals surface area (Å²) in [5, 5.41) is 2.63. The van der Waals surface area contributed by atoms with Gasteiger partial charge < -0.3 is 18.9 Å². The summed E-state index contributed by atoms with van der Waals surface area (Å²) in [5.74, 6) is 5.26. The standard InChI is InChI=1S/C37H47NO4.ClH/c1-26(39-2)41-25-42-36-21-32-9-8-31(30-10-12-38(13-11-30)14-15-40-34-6-4-3-5-7-34)19-33(32)20-35(36)37-22-27-16-28(23-37)18-29(17-27)24-37;/h3-9,19-21,26-30H,10-18,22-25H2,1-2H3;1H. The third-order valence-corrected chi connectivity index (χ3v) is 10.9. The van der Waals surface area contributed by atoms with Crippen LogP contribution in [0.25, 0.3) is 10.8 Å². The summed E-state index contributed by atoms with van der Waals surface area (Å²) < 4.78 is 23.4. The van der Waals surface area contributed by atoms with Gasteiger partial charge in [0.15, 0.2) is 13.1 Å². The first-order chi connectivity index (χ1) is 20.6. The van der Waals surface area contributed by atoms with E-state index >= 15 is 0 Å². The molecule has 0 amide bonds. The highest BCUT2D eigenvalue weighted by Crippen LogP contribution is 2.62. The van der Waals surface area contributed by atoms with E-state index in [1.807, 2.05) is 37.3 Å². The number of likely N-dealkylation sites (tertiary alicyclic amines) is 1. The maximum Gasteiger partial charge on any atom is 0.191 e. The molecule has 5 aliphatic rings. The van der Waals surface area contributed by atoms with Crippen LogP contribution in [0.2, 0.25) is 0 Å². The number of ether oxygens (including phenoxy) is 4. The van der Waals surface area contributed by atoms with Crippen LogP contribution in [0.1, 0.15) is 75.3 Å². The van der Waals surface area contributed by atoms with E-state index in [1.165, 1.54) is 73.3 Å². The molecule has 1 aliphatic heterocycles. The number of para-hydroxylation sites is 1. The molecule has 1 heterocycles. The first kappa shape index (κ1) is 30.7. The van der Waals surface area contributed by atoms with Gasteiger partial charge in [0.2, 0.25) is 0 Å². The van der Waals surface area contributed by atoms with Gasteiger partial charge in [0.05, 0.1) is 0 Å². The summed E-state index contributed by atoms with van der Waals surface area (Å²) >= 11 is 0. The number of rotatable bonds is 11. The fourth-order valence-electron chi connectivity index (χ4n) is 9.08. The molecule has 3 aromatic carbocycles. The fraction of sp³-hybridized carbons (Fsp3) is 0.568. The van der Waals surface area contributed by atoms with Crippen molar-refractivity contribution in [2.75, 3.05) is 40.1 Å². The van der Waals surface area contributed by atoms with E-state index in [4.69, 9.17) is 18.9 Å². The zero-order chi connectivity index (χ0) is 28.5. The minimum atomic E-state index is -0.279. The van der Waals surface area contributed by atoms with Crippen molar-refractivity contribution < 1.29 is 18.9 Å². The second-order valence-electron chi connectivity index (χ2n) is 13.7. The van der Waals surface area contributed by atoms with Crippen LogP contribution in [0, 0.1) is 17.8 Å². The Labute approximate surface area is 263 Å². The molecule has 43 heavy (non-hydrogen) atoms. The Morgan fingerprint density at radius 2 is 1.53 bits per heavy atom. The van der Waals surface area contributed by atoms with Crippen LogP contribution < -0.4 is 9.47 Å². The van der Waals surface area contributed by atoms with Crippen LogP contribution in [0.3, 0.4) is 0 Å². The molecule has 0 N–H and O–H groups in total. The van der Waals surface area contributed by atoms with Gasteiger partial charge >= 0.3 is 0 Å². The van der Waals surface area contributed by atoms with Crippen molar-refractivity contribution >= 4 is 23.2 Å². The SMILES string of the molecule is COC(C)OCOc1cc2ccc(C3CCN(CCOc4ccccc4)CC3)cc2cc1C12CC3CC(CC(C3)C1)C2.Cl. The molecule has 1 atom stereocenters. The average molecular weight is 606 g/mol. The van der Waals surface area contributed by atoms with E-state index in [0.29, 0.717) is 5.92 Å².